The smallest absolute Gasteiger partial charge is 0.0796 e. The highest BCUT2D eigenvalue weighted by molar-refractivity contribution is 6.40. The van der Waals surface area contributed by atoms with Gasteiger partial charge in [-0.25, -0.2) is 0 Å². The van der Waals surface area contributed by atoms with Gasteiger partial charge in [-0.1, -0.05) is 19.2 Å². The number of hydrogen-bond acceptors (Lipinski definition) is 4. The maximum Gasteiger partial charge on any atom is 0.0796 e. The van der Waals surface area contributed by atoms with E-state index in [1.165, 1.54) is 0 Å². The molecule has 76 valence electrons. The molecule has 0 spiro atoms. The molecule has 4 heteroatoms. The lowest BCUT2D eigenvalue weighted by Gasteiger charge is -2.02. The maximum atomic E-state index is 7.39. The van der Waals surface area contributed by atoms with Gasteiger partial charge >= 0.3 is 0 Å². The van der Waals surface area contributed by atoms with Crippen molar-refractivity contribution in [3.8, 4) is 0 Å². The van der Waals surface area contributed by atoms with Gasteiger partial charge in [0.2, 0.25) is 0 Å². The van der Waals surface area contributed by atoms with Gasteiger partial charge in [0.25, 0.3) is 0 Å². The number of nitrogens with zero attached hydrogens (tertiary/aromatic N) is 1. The Labute approximate surface area is 84.4 Å². The molecule has 4 N–H and O–H groups in total. The van der Waals surface area contributed by atoms with Crippen molar-refractivity contribution in [2.24, 2.45) is 10.8 Å². The molecule has 0 heterocycles. The lowest BCUT2D eigenvalue weighted by Crippen LogP contribution is -2.22. The molecule has 0 aromatic carbocycles. The Morgan fingerprint density at radius 1 is 1.57 bits per heavy atom. The first-order valence-electron chi connectivity index (χ1n) is 4.19. The second-order valence-corrected chi connectivity index (χ2v) is 2.55. The zero-order chi connectivity index (χ0) is 11.0. The summed E-state index contributed by atoms with van der Waals surface area (Å²) in [7, 11) is 0. The normalized spacial score (nSPS) is 12.1. The highest BCUT2D eigenvalue weighted by atomic mass is 15.3. The topological polar surface area (TPSA) is 74.3 Å². The molecular formula is C10H16N4. The van der Waals surface area contributed by atoms with E-state index in [1.807, 2.05) is 0 Å². The molecule has 4 nitrogen and oxygen atoms in total. The van der Waals surface area contributed by atoms with E-state index >= 15 is 0 Å². The van der Waals surface area contributed by atoms with E-state index < -0.39 is 0 Å². The number of rotatable bonds is 6. The van der Waals surface area contributed by atoms with Gasteiger partial charge in [-0.2, -0.15) is 5.10 Å². The fraction of sp³-hybridized carbons (Fsp3) is 0.200. The van der Waals surface area contributed by atoms with Crippen molar-refractivity contribution in [3.63, 3.8) is 0 Å². The number of nitrogens with one attached hydrogen (secondary N) is 2. The molecule has 0 saturated heterocycles. The number of nitrogens with two attached hydrogens (primary N) is 1. The van der Waals surface area contributed by atoms with Gasteiger partial charge in [0.05, 0.1) is 17.1 Å². The van der Waals surface area contributed by atoms with Crippen molar-refractivity contribution in [2.45, 2.75) is 6.92 Å². The summed E-state index contributed by atoms with van der Waals surface area (Å²) in [5.41, 5.74) is 9.63. The fourth-order valence-electron chi connectivity index (χ4n) is 0.642. The van der Waals surface area contributed by atoms with Gasteiger partial charge in [0, 0.05) is 6.54 Å². The summed E-state index contributed by atoms with van der Waals surface area (Å²) in [5, 5.41) is 11.3. The van der Waals surface area contributed by atoms with E-state index in [9.17, 15) is 0 Å². The van der Waals surface area contributed by atoms with E-state index in [0.29, 0.717) is 11.4 Å². The molecule has 0 amide bonds. The van der Waals surface area contributed by atoms with Crippen LogP contribution in [0.2, 0.25) is 0 Å². The van der Waals surface area contributed by atoms with Crippen LogP contribution >= 0.6 is 0 Å². The largest absolute Gasteiger partial charge is 0.325 e. The summed E-state index contributed by atoms with van der Waals surface area (Å²) >= 11 is 0. The summed E-state index contributed by atoms with van der Waals surface area (Å²) in [4.78, 5) is 0. The van der Waals surface area contributed by atoms with Crippen LogP contribution in [0.1, 0.15) is 6.92 Å². The highest BCUT2D eigenvalue weighted by Gasteiger charge is 1.97. The van der Waals surface area contributed by atoms with Crippen LogP contribution in [0, 0.1) is 5.41 Å². The van der Waals surface area contributed by atoms with Gasteiger partial charge in [0.15, 0.2) is 0 Å². The Bertz CT molecular complexity index is 286. The summed E-state index contributed by atoms with van der Waals surface area (Å²) < 4.78 is 0. The van der Waals surface area contributed by atoms with Crippen LogP contribution in [0.3, 0.4) is 0 Å². The molecule has 0 bridgehead atoms. The molecule has 0 rings (SSSR count). The van der Waals surface area contributed by atoms with E-state index in [1.54, 1.807) is 25.2 Å². The van der Waals surface area contributed by atoms with Gasteiger partial charge in [-0.05, 0) is 19.1 Å². The molecule has 0 radical (unpaired) electrons. The zero-order valence-corrected chi connectivity index (χ0v) is 8.38. The molecule has 0 aromatic rings. The Morgan fingerprint density at radius 3 is 2.64 bits per heavy atom. The Morgan fingerprint density at radius 2 is 2.21 bits per heavy atom. The molecule has 0 aliphatic heterocycles. The van der Waals surface area contributed by atoms with E-state index in [0.717, 1.165) is 5.70 Å². The molecule has 0 saturated carbocycles. The highest BCUT2D eigenvalue weighted by Crippen LogP contribution is 1.90. The van der Waals surface area contributed by atoms with Crippen LogP contribution in [-0.2, 0) is 0 Å². The SMILES string of the molecule is C=C/C=C(\C=C)N/N=C(/C)C(=N)CN. The standard InChI is InChI=1S/C10H16N4/c1-4-6-9(5-2)14-13-8(3)10(12)7-11/h4-6,12,14H,1-2,7,11H2,3H3/b9-6+,12-10?,13-8-. The predicted octanol–water partition coefficient (Wildman–Crippen LogP) is 1.19. The van der Waals surface area contributed by atoms with Crippen LogP contribution in [0.25, 0.3) is 0 Å². The summed E-state index contributed by atoms with van der Waals surface area (Å²) in [6.07, 6.45) is 4.98. The van der Waals surface area contributed by atoms with E-state index in [-0.39, 0.29) is 6.54 Å². The third kappa shape index (κ3) is 4.37. The van der Waals surface area contributed by atoms with Gasteiger partial charge in [0.1, 0.15) is 0 Å². The third-order valence-corrected chi connectivity index (χ3v) is 1.51. The van der Waals surface area contributed by atoms with Crippen LogP contribution in [0.4, 0.5) is 0 Å². The molecule has 0 aliphatic carbocycles. The average molecular weight is 192 g/mol. The molecule has 0 aliphatic rings. The van der Waals surface area contributed by atoms with Crippen molar-refractivity contribution >= 4 is 11.4 Å². The lowest BCUT2D eigenvalue weighted by molar-refractivity contribution is 0.919. The fourth-order valence-corrected chi connectivity index (χ4v) is 0.642. The van der Waals surface area contributed by atoms with E-state index in [4.69, 9.17) is 11.1 Å². The lowest BCUT2D eigenvalue weighted by atomic mass is 10.3. The minimum atomic E-state index is 0.186. The molecular weight excluding hydrogens is 176 g/mol. The van der Waals surface area contributed by atoms with Crippen molar-refractivity contribution in [3.05, 3.63) is 37.1 Å². The first-order chi connectivity index (χ1) is 6.65. The minimum absolute atomic E-state index is 0.186. The van der Waals surface area contributed by atoms with Crippen molar-refractivity contribution in [1.29, 1.82) is 5.41 Å². The number of hydrogen-bond donors (Lipinski definition) is 3. The van der Waals surface area contributed by atoms with Crippen molar-refractivity contribution in [1.82, 2.24) is 5.43 Å². The minimum Gasteiger partial charge on any atom is -0.325 e. The van der Waals surface area contributed by atoms with Crippen LogP contribution in [0.15, 0.2) is 42.2 Å². The molecule has 0 fully saturated rings. The Balaban J connectivity index is 4.39. The van der Waals surface area contributed by atoms with E-state index in [2.05, 4.69) is 23.7 Å². The van der Waals surface area contributed by atoms with Gasteiger partial charge in [-0.15, -0.1) is 0 Å². The monoisotopic (exact) mass is 192 g/mol. The maximum absolute atomic E-state index is 7.39. The number of hydrazone groups is 1. The first kappa shape index (κ1) is 12.3. The average Bonchev–Trinajstić information content (AvgIpc) is 2.22. The van der Waals surface area contributed by atoms with Crippen LogP contribution in [-0.4, -0.2) is 18.0 Å². The second-order valence-electron chi connectivity index (χ2n) is 2.55. The second kappa shape index (κ2) is 6.80. The molecule has 0 atom stereocenters. The zero-order valence-electron chi connectivity index (χ0n) is 8.38. The van der Waals surface area contributed by atoms with Gasteiger partial charge < -0.3 is 11.1 Å². The van der Waals surface area contributed by atoms with Crippen molar-refractivity contribution < 1.29 is 0 Å². The Hall–Kier alpha value is -1.68. The predicted molar refractivity (Wildman–Crippen MR) is 61.5 cm³/mol. The number of allylic oxidation sites excluding steroid dienone is 3. The van der Waals surface area contributed by atoms with Crippen LogP contribution < -0.4 is 11.2 Å². The molecule has 14 heavy (non-hydrogen) atoms. The third-order valence-electron chi connectivity index (χ3n) is 1.51. The molecule has 0 unspecified atom stereocenters. The van der Waals surface area contributed by atoms with Crippen molar-refractivity contribution in [2.75, 3.05) is 6.54 Å². The molecule has 0 aromatic heterocycles. The van der Waals surface area contributed by atoms with Crippen LogP contribution in [0.5, 0.6) is 0 Å². The Kier molecular flexibility index (Phi) is 5.98. The summed E-state index contributed by atoms with van der Waals surface area (Å²) in [6.45, 7) is 9.05. The first-order valence-corrected chi connectivity index (χ1v) is 4.19. The van der Waals surface area contributed by atoms with Gasteiger partial charge in [-0.3, -0.25) is 5.43 Å². The quantitative estimate of drug-likeness (QED) is 0.336. The summed E-state index contributed by atoms with van der Waals surface area (Å²) in [5.74, 6) is 0. The summed E-state index contributed by atoms with van der Waals surface area (Å²) in [6, 6.07) is 0.